The molecule has 0 aromatic carbocycles. The first kappa shape index (κ1) is 12.4. The molecule has 3 nitrogen and oxygen atoms in total. The van der Waals surface area contributed by atoms with Gasteiger partial charge in [-0.25, -0.2) is 0 Å². The number of nitrogens with one attached hydrogen (secondary N) is 1. The van der Waals surface area contributed by atoms with Gasteiger partial charge >= 0.3 is 0 Å². The summed E-state index contributed by atoms with van der Waals surface area (Å²) in [5.74, 6) is 0. The van der Waals surface area contributed by atoms with Gasteiger partial charge in [0.1, 0.15) is 16.6 Å². The van der Waals surface area contributed by atoms with Crippen LogP contribution in [-0.4, -0.2) is 10.4 Å². The standard InChI is InChI=1S/C13H19N3S/c1-9-10(8-14)12(17-16-9)15-11-6-4-5-7-13(11,2)3/h11,15H,4-7H2,1-3H3. The van der Waals surface area contributed by atoms with Crippen LogP contribution < -0.4 is 5.32 Å². The predicted molar refractivity (Wildman–Crippen MR) is 71.2 cm³/mol. The lowest BCUT2D eigenvalue weighted by atomic mass is 9.73. The van der Waals surface area contributed by atoms with Crippen LogP contribution in [0.4, 0.5) is 5.00 Å². The summed E-state index contributed by atoms with van der Waals surface area (Å²) in [6, 6.07) is 2.71. The quantitative estimate of drug-likeness (QED) is 0.869. The third-order valence-electron chi connectivity index (χ3n) is 3.79. The van der Waals surface area contributed by atoms with E-state index in [9.17, 15) is 0 Å². The molecule has 2 rings (SSSR count). The summed E-state index contributed by atoms with van der Waals surface area (Å²) in [6.45, 7) is 6.51. The summed E-state index contributed by atoms with van der Waals surface area (Å²) >= 11 is 1.41. The highest BCUT2D eigenvalue weighted by Crippen LogP contribution is 2.38. The van der Waals surface area contributed by atoms with Crippen LogP contribution in [0.3, 0.4) is 0 Å². The molecule has 1 aliphatic rings. The Hall–Kier alpha value is -1.08. The molecule has 0 amide bonds. The van der Waals surface area contributed by atoms with Gasteiger partial charge in [0.2, 0.25) is 0 Å². The monoisotopic (exact) mass is 249 g/mol. The maximum Gasteiger partial charge on any atom is 0.127 e. The van der Waals surface area contributed by atoms with E-state index in [1.807, 2.05) is 6.92 Å². The van der Waals surface area contributed by atoms with Crippen molar-refractivity contribution in [1.29, 1.82) is 5.26 Å². The van der Waals surface area contributed by atoms with Crippen LogP contribution in [0.15, 0.2) is 0 Å². The molecule has 1 unspecified atom stereocenters. The highest BCUT2D eigenvalue weighted by molar-refractivity contribution is 7.10. The number of anilines is 1. The van der Waals surface area contributed by atoms with Gasteiger partial charge in [-0.1, -0.05) is 26.7 Å². The highest BCUT2D eigenvalue weighted by atomic mass is 32.1. The lowest BCUT2D eigenvalue weighted by molar-refractivity contribution is 0.217. The molecule has 0 bridgehead atoms. The van der Waals surface area contributed by atoms with E-state index < -0.39 is 0 Å². The Balaban J connectivity index is 2.17. The number of aromatic nitrogens is 1. The summed E-state index contributed by atoms with van der Waals surface area (Å²) in [4.78, 5) is 0. The van der Waals surface area contributed by atoms with Crippen LogP contribution in [0.5, 0.6) is 0 Å². The molecular formula is C13H19N3S. The van der Waals surface area contributed by atoms with Crippen molar-refractivity contribution in [3.8, 4) is 6.07 Å². The summed E-state index contributed by atoms with van der Waals surface area (Å²) in [5, 5.41) is 13.6. The second-order valence-electron chi connectivity index (χ2n) is 5.52. The minimum Gasteiger partial charge on any atom is -0.371 e. The van der Waals surface area contributed by atoms with E-state index >= 15 is 0 Å². The maximum absolute atomic E-state index is 9.12. The van der Waals surface area contributed by atoms with Gasteiger partial charge in [-0.3, -0.25) is 0 Å². The summed E-state index contributed by atoms with van der Waals surface area (Å²) in [5.41, 5.74) is 1.87. The molecule has 1 aromatic heterocycles. The molecule has 17 heavy (non-hydrogen) atoms. The van der Waals surface area contributed by atoms with Crippen molar-refractivity contribution in [2.45, 2.75) is 52.5 Å². The zero-order valence-electron chi connectivity index (χ0n) is 10.7. The maximum atomic E-state index is 9.12. The molecule has 4 heteroatoms. The first-order valence-electron chi connectivity index (χ1n) is 6.17. The number of aryl methyl sites for hydroxylation is 1. The number of hydrogen-bond acceptors (Lipinski definition) is 4. The molecule has 1 aliphatic carbocycles. The van der Waals surface area contributed by atoms with Gasteiger partial charge in [0.05, 0.1) is 5.69 Å². The summed E-state index contributed by atoms with van der Waals surface area (Å²) in [7, 11) is 0. The van der Waals surface area contributed by atoms with Gasteiger partial charge in [-0.15, -0.1) is 0 Å². The normalized spacial score (nSPS) is 23.1. The summed E-state index contributed by atoms with van der Waals surface area (Å²) < 4.78 is 4.26. The van der Waals surface area contributed by atoms with Crippen LogP contribution >= 0.6 is 11.5 Å². The van der Waals surface area contributed by atoms with Gasteiger partial charge in [0.15, 0.2) is 0 Å². The fourth-order valence-electron chi connectivity index (χ4n) is 2.52. The first-order chi connectivity index (χ1) is 8.04. The van der Waals surface area contributed by atoms with Crippen molar-refractivity contribution >= 4 is 16.5 Å². The fourth-order valence-corrected chi connectivity index (χ4v) is 3.32. The molecular weight excluding hydrogens is 230 g/mol. The Morgan fingerprint density at radius 2 is 2.24 bits per heavy atom. The third-order valence-corrected chi connectivity index (χ3v) is 4.66. The molecule has 1 fully saturated rings. The molecule has 1 atom stereocenters. The van der Waals surface area contributed by atoms with Crippen molar-refractivity contribution in [1.82, 2.24) is 4.37 Å². The molecule has 1 saturated carbocycles. The lowest BCUT2D eigenvalue weighted by Crippen LogP contribution is -2.38. The lowest BCUT2D eigenvalue weighted by Gasteiger charge is -2.39. The average molecular weight is 249 g/mol. The number of rotatable bonds is 2. The van der Waals surface area contributed by atoms with E-state index in [0.29, 0.717) is 11.5 Å². The molecule has 92 valence electrons. The first-order valence-corrected chi connectivity index (χ1v) is 6.95. The van der Waals surface area contributed by atoms with Crippen LogP contribution in [0, 0.1) is 23.7 Å². The smallest absolute Gasteiger partial charge is 0.127 e. The largest absolute Gasteiger partial charge is 0.371 e. The Kier molecular flexibility index (Phi) is 3.39. The molecule has 1 heterocycles. The van der Waals surface area contributed by atoms with Gasteiger partial charge in [0, 0.05) is 6.04 Å². The molecule has 0 radical (unpaired) electrons. The second kappa shape index (κ2) is 4.66. The van der Waals surface area contributed by atoms with E-state index in [2.05, 4.69) is 29.6 Å². The molecule has 1 aromatic rings. The van der Waals surface area contributed by atoms with E-state index in [1.165, 1.54) is 37.2 Å². The predicted octanol–water partition coefficient (Wildman–Crippen LogP) is 3.70. The van der Waals surface area contributed by atoms with Crippen molar-refractivity contribution in [2.24, 2.45) is 5.41 Å². The fraction of sp³-hybridized carbons (Fsp3) is 0.692. The van der Waals surface area contributed by atoms with Gasteiger partial charge in [-0.05, 0) is 36.7 Å². The molecule has 0 spiro atoms. The van der Waals surface area contributed by atoms with Crippen LogP contribution in [0.1, 0.15) is 50.8 Å². The zero-order chi connectivity index (χ0) is 12.5. The minimum absolute atomic E-state index is 0.308. The minimum atomic E-state index is 0.308. The van der Waals surface area contributed by atoms with Crippen molar-refractivity contribution in [3.05, 3.63) is 11.3 Å². The van der Waals surface area contributed by atoms with Gasteiger partial charge in [-0.2, -0.15) is 9.64 Å². The Labute approximate surface area is 107 Å². The Morgan fingerprint density at radius 3 is 2.88 bits per heavy atom. The molecule has 0 saturated heterocycles. The second-order valence-corrected chi connectivity index (χ2v) is 6.29. The van der Waals surface area contributed by atoms with E-state index in [1.54, 1.807) is 0 Å². The van der Waals surface area contributed by atoms with Crippen molar-refractivity contribution in [3.63, 3.8) is 0 Å². The van der Waals surface area contributed by atoms with E-state index in [0.717, 1.165) is 16.3 Å². The van der Waals surface area contributed by atoms with Crippen LogP contribution in [-0.2, 0) is 0 Å². The van der Waals surface area contributed by atoms with Crippen LogP contribution in [0.2, 0.25) is 0 Å². The van der Waals surface area contributed by atoms with Crippen molar-refractivity contribution in [2.75, 3.05) is 5.32 Å². The Morgan fingerprint density at radius 1 is 1.47 bits per heavy atom. The molecule has 1 N–H and O–H groups in total. The SMILES string of the molecule is Cc1nsc(NC2CCCCC2(C)C)c1C#N. The molecule has 0 aliphatic heterocycles. The van der Waals surface area contributed by atoms with Crippen LogP contribution in [0.25, 0.3) is 0 Å². The van der Waals surface area contributed by atoms with E-state index in [-0.39, 0.29) is 0 Å². The topological polar surface area (TPSA) is 48.7 Å². The summed E-state index contributed by atoms with van der Waals surface area (Å²) in [6.07, 6.45) is 5.04. The third kappa shape index (κ3) is 2.44. The van der Waals surface area contributed by atoms with Gasteiger partial charge < -0.3 is 5.32 Å². The van der Waals surface area contributed by atoms with Crippen molar-refractivity contribution < 1.29 is 0 Å². The van der Waals surface area contributed by atoms with Gasteiger partial charge in [0.25, 0.3) is 0 Å². The van der Waals surface area contributed by atoms with E-state index in [4.69, 9.17) is 5.26 Å². The average Bonchev–Trinajstić information content (AvgIpc) is 2.62. The number of hydrogen-bond donors (Lipinski definition) is 1. The number of nitriles is 1. The number of nitrogens with zero attached hydrogens (tertiary/aromatic N) is 2. The highest BCUT2D eigenvalue weighted by Gasteiger charge is 2.32. The zero-order valence-corrected chi connectivity index (χ0v) is 11.5. The Bertz CT molecular complexity index is 442.